The maximum absolute atomic E-state index is 5.96. The number of hydrogen-bond donors (Lipinski definition) is 1. The van der Waals surface area contributed by atoms with E-state index in [2.05, 4.69) is 29.6 Å². The van der Waals surface area contributed by atoms with Gasteiger partial charge in [0.25, 0.3) is 0 Å². The van der Waals surface area contributed by atoms with Crippen molar-refractivity contribution in [2.24, 2.45) is 0 Å². The lowest BCUT2D eigenvalue weighted by molar-refractivity contribution is 0.0296. The van der Waals surface area contributed by atoms with Crippen LogP contribution in [0.4, 0.5) is 0 Å². The van der Waals surface area contributed by atoms with Gasteiger partial charge in [-0.3, -0.25) is 0 Å². The second kappa shape index (κ2) is 6.78. The summed E-state index contributed by atoms with van der Waals surface area (Å²) in [6.45, 7) is 1.82. The van der Waals surface area contributed by atoms with E-state index in [1.54, 1.807) is 0 Å². The van der Waals surface area contributed by atoms with E-state index in [0.717, 1.165) is 18.9 Å². The number of hydrogen-bond acceptors (Lipinski definition) is 3. The van der Waals surface area contributed by atoms with Gasteiger partial charge < -0.3 is 10.1 Å². The predicted molar refractivity (Wildman–Crippen MR) is 80.7 cm³/mol. The maximum atomic E-state index is 5.96. The standard InChI is InChI=1S/C16H23NOS/c1-2-6-13(7-3-1)18-11-10-17-15-12-19-16-9-5-4-8-14(15)16/h4-5,8-9,13,15,17H,1-3,6-7,10-12H2. The molecule has 1 heterocycles. The first-order valence-corrected chi connectivity index (χ1v) is 8.49. The predicted octanol–water partition coefficient (Wildman–Crippen LogP) is 3.77. The number of thioether (sulfide) groups is 1. The Labute approximate surface area is 120 Å². The Kier molecular flexibility index (Phi) is 4.81. The van der Waals surface area contributed by atoms with E-state index >= 15 is 0 Å². The van der Waals surface area contributed by atoms with Gasteiger partial charge in [-0.15, -0.1) is 11.8 Å². The number of benzene rings is 1. The molecule has 3 heteroatoms. The molecule has 0 bridgehead atoms. The van der Waals surface area contributed by atoms with Crippen molar-refractivity contribution in [3.8, 4) is 0 Å². The highest BCUT2D eigenvalue weighted by atomic mass is 32.2. The van der Waals surface area contributed by atoms with Crippen molar-refractivity contribution < 1.29 is 4.74 Å². The van der Waals surface area contributed by atoms with Crippen LogP contribution in [-0.2, 0) is 4.74 Å². The summed E-state index contributed by atoms with van der Waals surface area (Å²) >= 11 is 1.96. The molecule has 2 nitrogen and oxygen atoms in total. The van der Waals surface area contributed by atoms with Gasteiger partial charge >= 0.3 is 0 Å². The normalized spacial score (nSPS) is 23.5. The quantitative estimate of drug-likeness (QED) is 0.828. The van der Waals surface area contributed by atoms with Crippen LogP contribution in [0.3, 0.4) is 0 Å². The molecule has 1 aromatic carbocycles. The molecule has 0 aromatic heterocycles. The van der Waals surface area contributed by atoms with Gasteiger partial charge in [0, 0.05) is 23.2 Å². The molecule has 3 rings (SSSR count). The van der Waals surface area contributed by atoms with Crippen LogP contribution in [0.2, 0.25) is 0 Å². The van der Waals surface area contributed by atoms with Gasteiger partial charge in [0.05, 0.1) is 12.7 Å². The summed E-state index contributed by atoms with van der Waals surface area (Å²) in [7, 11) is 0. The molecule has 0 saturated heterocycles. The van der Waals surface area contributed by atoms with Crippen LogP contribution >= 0.6 is 11.8 Å². The molecule has 1 fully saturated rings. The number of rotatable bonds is 5. The largest absolute Gasteiger partial charge is 0.377 e. The smallest absolute Gasteiger partial charge is 0.0594 e. The zero-order valence-electron chi connectivity index (χ0n) is 11.4. The van der Waals surface area contributed by atoms with E-state index in [0.29, 0.717) is 12.1 Å². The highest BCUT2D eigenvalue weighted by molar-refractivity contribution is 7.99. The van der Waals surface area contributed by atoms with Crippen molar-refractivity contribution in [2.75, 3.05) is 18.9 Å². The molecule has 1 atom stereocenters. The summed E-state index contributed by atoms with van der Waals surface area (Å²) < 4.78 is 5.96. The lowest BCUT2D eigenvalue weighted by Crippen LogP contribution is -2.27. The summed E-state index contributed by atoms with van der Waals surface area (Å²) in [5.74, 6) is 1.16. The molecule has 1 aliphatic heterocycles. The Morgan fingerprint density at radius 1 is 1.16 bits per heavy atom. The fourth-order valence-electron chi connectivity index (χ4n) is 3.02. The molecular formula is C16H23NOS. The molecule has 0 spiro atoms. The zero-order valence-corrected chi connectivity index (χ0v) is 12.3. The Hall–Kier alpha value is -0.510. The molecule has 0 amide bonds. The van der Waals surface area contributed by atoms with Crippen molar-refractivity contribution >= 4 is 11.8 Å². The summed E-state index contributed by atoms with van der Waals surface area (Å²) in [6.07, 6.45) is 7.16. The van der Waals surface area contributed by atoms with Crippen molar-refractivity contribution in [3.05, 3.63) is 29.8 Å². The second-order valence-electron chi connectivity index (χ2n) is 5.49. The highest BCUT2D eigenvalue weighted by Gasteiger charge is 2.21. The van der Waals surface area contributed by atoms with Crippen LogP contribution in [0.5, 0.6) is 0 Å². The van der Waals surface area contributed by atoms with Gasteiger partial charge in [-0.05, 0) is 24.5 Å². The van der Waals surface area contributed by atoms with E-state index in [4.69, 9.17) is 4.74 Å². The SMILES string of the molecule is c1ccc2c(c1)SCC2NCCOC1CCCCC1. The van der Waals surface area contributed by atoms with Gasteiger partial charge in [-0.1, -0.05) is 37.5 Å². The minimum atomic E-state index is 0.510. The van der Waals surface area contributed by atoms with Crippen LogP contribution in [0.15, 0.2) is 29.2 Å². The van der Waals surface area contributed by atoms with E-state index in [9.17, 15) is 0 Å². The zero-order chi connectivity index (χ0) is 12.9. The third-order valence-corrected chi connectivity index (χ3v) is 5.28. The highest BCUT2D eigenvalue weighted by Crippen LogP contribution is 2.37. The van der Waals surface area contributed by atoms with Crippen LogP contribution in [-0.4, -0.2) is 25.0 Å². The average Bonchev–Trinajstić information content (AvgIpc) is 2.88. The van der Waals surface area contributed by atoms with Crippen LogP contribution in [0.1, 0.15) is 43.7 Å². The average molecular weight is 277 g/mol. The van der Waals surface area contributed by atoms with Gasteiger partial charge in [0.15, 0.2) is 0 Å². The lowest BCUT2D eigenvalue weighted by atomic mass is 9.98. The van der Waals surface area contributed by atoms with Crippen molar-refractivity contribution in [2.45, 2.75) is 49.1 Å². The maximum Gasteiger partial charge on any atom is 0.0594 e. The number of nitrogens with one attached hydrogen (secondary N) is 1. The first kappa shape index (κ1) is 13.5. The summed E-state index contributed by atoms with van der Waals surface area (Å²) in [6, 6.07) is 9.24. The topological polar surface area (TPSA) is 21.3 Å². The lowest BCUT2D eigenvalue weighted by Gasteiger charge is -2.22. The molecule has 2 aliphatic rings. The molecule has 1 N–H and O–H groups in total. The van der Waals surface area contributed by atoms with E-state index < -0.39 is 0 Å². The summed E-state index contributed by atoms with van der Waals surface area (Å²) in [5.41, 5.74) is 1.46. The molecule has 1 aromatic rings. The monoisotopic (exact) mass is 277 g/mol. The van der Waals surface area contributed by atoms with E-state index in [1.165, 1.54) is 42.6 Å². The first-order valence-electron chi connectivity index (χ1n) is 7.50. The number of fused-ring (bicyclic) bond motifs is 1. The Morgan fingerprint density at radius 3 is 2.89 bits per heavy atom. The van der Waals surface area contributed by atoms with Crippen LogP contribution in [0, 0.1) is 0 Å². The minimum absolute atomic E-state index is 0.510. The molecule has 1 unspecified atom stereocenters. The molecular weight excluding hydrogens is 254 g/mol. The van der Waals surface area contributed by atoms with E-state index in [-0.39, 0.29) is 0 Å². The Morgan fingerprint density at radius 2 is 2.00 bits per heavy atom. The van der Waals surface area contributed by atoms with Crippen molar-refractivity contribution in [1.82, 2.24) is 5.32 Å². The Bertz CT molecular complexity index is 403. The van der Waals surface area contributed by atoms with Gasteiger partial charge in [-0.2, -0.15) is 0 Å². The third-order valence-electron chi connectivity index (χ3n) is 4.10. The molecule has 19 heavy (non-hydrogen) atoms. The molecule has 104 valence electrons. The molecule has 1 saturated carbocycles. The fraction of sp³-hybridized carbons (Fsp3) is 0.625. The third kappa shape index (κ3) is 3.53. The van der Waals surface area contributed by atoms with Gasteiger partial charge in [-0.25, -0.2) is 0 Å². The van der Waals surface area contributed by atoms with E-state index in [1.807, 2.05) is 11.8 Å². The molecule has 0 radical (unpaired) electrons. The van der Waals surface area contributed by atoms with Crippen LogP contribution < -0.4 is 5.32 Å². The number of ether oxygens (including phenoxy) is 1. The molecule has 1 aliphatic carbocycles. The summed E-state index contributed by atoms with van der Waals surface area (Å²) in [4.78, 5) is 1.44. The van der Waals surface area contributed by atoms with Gasteiger partial charge in [0.1, 0.15) is 0 Å². The van der Waals surface area contributed by atoms with Gasteiger partial charge in [0.2, 0.25) is 0 Å². The minimum Gasteiger partial charge on any atom is -0.377 e. The fourth-order valence-corrected chi connectivity index (χ4v) is 4.22. The van der Waals surface area contributed by atoms with Crippen molar-refractivity contribution in [1.29, 1.82) is 0 Å². The second-order valence-corrected chi connectivity index (χ2v) is 6.55. The Balaban J connectivity index is 1.39. The van der Waals surface area contributed by atoms with Crippen molar-refractivity contribution in [3.63, 3.8) is 0 Å². The summed E-state index contributed by atoms with van der Waals surface area (Å²) in [5, 5.41) is 3.63. The van der Waals surface area contributed by atoms with Crippen LogP contribution in [0.25, 0.3) is 0 Å². The first-order chi connectivity index (χ1) is 9.43.